The topological polar surface area (TPSA) is 73.9 Å². The first-order chi connectivity index (χ1) is 12.1. The second-order valence-corrected chi connectivity index (χ2v) is 7.03. The highest BCUT2D eigenvalue weighted by Gasteiger charge is 2.12. The van der Waals surface area contributed by atoms with Crippen LogP contribution in [0.5, 0.6) is 5.75 Å². The lowest BCUT2D eigenvalue weighted by Gasteiger charge is -2.08. The second-order valence-electron chi connectivity index (χ2n) is 5.56. The number of nitrogens with two attached hydrogens (primary N) is 1. The lowest BCUT2D eigenvalue weighted by molar-refractivity contribution is 0.302. The Hall–Kier alpha value is -2.44. The molecule has 0 radical (unpaired) electrons. The van der Waals surface area contributed by atoms with Gasteiger partial charge in [-0.1, -0.05) is 24.6 Å². The molecule has 0 saturated heterocycles. The number of anilines is 1. The molecule has 0 spiro atoms. The first-order valence-electron chi connectivity index (χ1n) is 7.87. The Morgan fingerprint density at radius 2 is 2.04 bits per heavy atom. The van der Waals surface area contributed by atoms with Crippen LogP contribution in [0.4, 0.5) is 5.82 Å². The highest BCUT2D eigenvalue weighted by Crippen LogP contribution is 2.34. The zero-order valence-electron chi connectivity index (χ0n) is 13.5. The van der Waals surface area contributed by atoms with Gasteiger partial charge in [0.05, 0.1) is 20.9 Å². The number of rotatable bonds is 4. The standard InChI is InChI=1S/C18H15ClN4OS/c1-2-15-23-16-17(25-15)12-7-6-11(8-13(12)22-18(16)20)24-9-10-4-3-5-14(19)21-10/h3-8H,2,9H2,1H3,(H2,20,22). The minimum Gasteiger partial charge on any atom is -0.487 e. The number of thiazole rings is 1. The first kappa shape index (κ1) is 16.1. The minimum atomic E-state index is 0.338. The third-order valence-corrected chi connectivity index (χ3v) is 5.27. The van der Waals surface area contributed by atoms with Gasteiger partial charge in [0, 0.05) is 11.5 Å². The molecule has 0 aliphatic heterocycles. The SMILES string of the molecule is CCc1nc2c(N)nc3cc(OCc4cccc(Cl)n4)ccc3c2s1. The lowest BCUT2D eigenvalue weighted by Crippen LogP contribution is -1.98. The van der Waals surface area contributed by atoms with Gasteiger partial charge in [0.2, 0.25) is 0 Å². The van der Waals surface area contributed by atoms with Crippen molar-refractivity contribution < 1.29 is 4.74 Å². The van der Waals surface area contributed by atoms with Crippen LogP contribution < -0.4 is 10.5 Å². The number of ether oxygens (including phenoxy) is 1. The Bertz CT molecular complexity index is 1080. The van der Waals surface area contributed by atoms with E-state index >= 15 is 0 Å². The van der Waals surface area contributed by atoms with Gasteiger partial charge >= 0.3 is 0 Å². The molecule has 0 atom stereocenters. The smallest absolute Gasteiger partial charge is 0.151 e. The molecule has 0 aliphatic rings. The Morgan fingerprint density at radius 3 is 2.84 bits per heavy atom. The zero-order chi connectivity index (χ0) is 17.4. The number of nitrogens with zero attached hydrogens (tertiary/aromatic N) is 3. The highest BCUT2D eigenvalue weighted by atomic mass is 35.5. The Kier molecular flexibility index (Phi) is 4.15. The molecule has 0 unspecified atom stereocenters. The van der Waals surface area contributed by atoms with Crippen LogP contribution in [0.2, 0.25) is 5.15 Å². The molecule has 0 fully saturated rings. The van der Waals surface area contributed by atoms with Gasteiger partial charge in [0.25, 0.3) is 0 Å². The predicted molar refractivity (Wildman–Crippen MR) is 102 cm³/mol. The van der Waals surface area contributed by atoms with Gasteiger partial charge in [0.1, 0.15) is 23.0 Å². The van der Waals surface area contributed by atoms with Gasteiger partial charge in [-0.05, 0) is 30.7 Å². The molecule has 3 heterocycles. The number of halogens is 1. The number of hydrogen-bond donors (Lipinski definition) is 1. The molecule has 126 valence electrons. The predicted octanol–water partition coefficient (Wildman–Crippen LogP) is 4.62. The van der Waals surface area contributed by atoms with Crippen molar-refractivity contribution in [3.05, 3.63) is 52.3 Å². The van der Waals surface area contributed by atoms with Gasteiger partial charge in [-0.25, -0.2) is 15.0 Å². The number of benzene rings is 1. The largest absolute Gasteiger partial charge is 0.487 e. The molecular formula is C18H15ClN4OS. The third-order valence-electron chi connectivity index (χ3n) is 3.83. The van der Waals surface area contributed by atoms with Crippen LogP contribution >= 0.6 is 22.9 Å². The molecule has 0 bridgehead atoms. The Labute approximate surface area is 153 Å². The highest BCUT2D eigenvalue weighted by molar-refractivity contribution is 7.19. The molecule has 4 aromatic rings. The average molecular weight is 371 g/mol. The molecule has 5 nitrogen and oxygen atoms in total. The molecule has 4 rings (SSSR count). The fourth-order valence-electron chi connectivity index (χ4n) is 2.63. The molecule has 3 aromatic heterocycles. The maximum atomic E-state index is 6.09. The van der Waals surface area contributed by atoms with Gasteiger partial charge in [-0.15, -0.1) is 11.3 Å². The van der Waals surface area contributed by atoms with Crippen LogP contribution in [0.1, 0.15) is 17.6 Å². The van der Waals surface area contributed by atoms with Crippen molar-refractivity contribution >= 4 is 49.9 Å². The van der Waals surface area contributed by atoms with Crippen LogP contribution in [0.25, 0.3) is 21.1 Å². The van der Waals surface area contributed by atoms with Crippen LogP contribution in [0.15, 0.2) is 36.4 Å². The van der Waals surface area contributed by atoms with Crippen molar-refractivity contribution in [2.24, 2.45) is 0 Å². The molecular weight excluding hydrogens is 356 g/mol. The monoisotopic (exact) mass is 370 g/mol. The maximum absolute atomic E-state index is 6.09. The average Bonchev–Trinajstić information content (AvgIpc) is 3.05. The van der Waals surface area contributed by atoms with Crippen LogP contribution in [0, 0.1) is 0 Å². The Morgan fingerprint density at radius 1 is 1.16 bits per heavy atom. The maximum Gasteiger partial charge on any atom is 0.151 e. The molecule has 0 saturated carbocycles. The van der Waals surface area contributed by atoms with E-state index in [1.807, 2.05) is 30.3 Å². The summed E-state index contributed by atoms with van der Waals surface area (Å²) in [5.74, 6) is 1.16. The molecule has 25 heavy (non-hydrogen) atoms. The van der Waals surface area contributed by atoms with Crippen molar-refractivity contribution in [2.45, 2.75) is 20.0 Å². The lowest BCUT2D eigenvalue weighted by atomic mass is 10.2. The van der Waals surface area contributed by atoms with E-state index < -0.39 is 0 Å². The normalized spacial score (nSPS) is 11.3. The summed E-state index contributed by atoms with van der Waals surface area (Å²) in [6.07, 6.45) is 0.883. The fraction of sp³-hybridized carbons (Fsp3) is 0.167. The summed E-state index contributed by atoms with van der Waals surface area (Å²) in [4.78, 5) is 13.3. The Balaban J connectivity index is 1.69. The molecule has 0 aliphatic carbocycles. The number of nitrogen functional groups attached to an aromatic ring is 1. The fourth-order valence-corrected chi connectivity index (χ4v) is 3.86. The van der Waals surface area contributed by atoms with Crippen molar-refractivity contribution in [3.63, 3.8) is 0 Å². The van der Waals surface area contributed by atoms with Gasteiger partial charge in [-0.2, -0.15) is 0 Å². The molecule has 1 aromatic carbocycles. The summed E-state index contributed by atoms with van der Waals surface area (Å²) < 4.78 is 6.89. The van der Waals surface area contributed by atoms with Gasteiger partial charge in [0.15, 0.2) is 5.82 Å². The van der Waals surface area contributed by atoms with Gasteiger partial charge < -0.3 is 10.5 Å². The van der Waals surface area contributed by atoms with Crippen molar-refractivity contribution in [1.82, 2.24) is 15.0 Å². The molecule has 2 N–H and O–H groups in total. The van der Waals surface area contributed by atoms with E-state index in [1.54, 1.807) is 17.4 Å². The summed E-state index contributed by atoms with van der Waals surface area (Å²) in [5, 5.41) is 2.55. The van der Waals surface area contributed by atoms with Crippen LogP contribution in [-0.4, -0.2) is 15.0 Å². The van der Waals surface area contributed by atoms with E-state index in [-0.39, 0.29) is 0 Å². The molecule has 7 heteroatoms. The number of hydrogen-bond acceptors (Lipinski definition) is 6. The number of aromatic nitrogens is 3. The van der Waals surface area contributed by atoms with E-state index in [1.165, 1.54) is 0 Å². The molecule has 0 amide bonds. The van der Waals surface area contributed by atoms with E-state index in [0.717, 1.165) is 38.2 Å². The van der Waals surface area contributed by atoms with Gasteiger partial charge in [-0.3, -0.25) is 0 Å². The first-order valence-corrected chi connectivity index (χ1v) is 9.06. The summed E-state index contributed by atoms with van der Waals surface area (Å²) in [7, 11) is 0. The van der Waals surface area contributed by atoms with E-state index in [2.05, 4.69) is 21.9 Å². The number of pyridine rings is 2. The van der Waals surface area contributed by atoms with Crippen molar-refractivity contribution in [1.29, 1.82) is 0 Å². The van der Waals surface area contributed by atoms with E-state index in [4.69, 9.17) is 22.1 Å². The third kappa shape index (κ3) is 3.10. The van der Waals surface area contributed by atoms with Crippen molar-refractivity contribution in [3.8, 4) is 5.75 Å². The summed E-state index contributed by atoms with van der Waals surface area (Å²) >= 11 is 7.56. The number of aryl methyl sites for hydroxylation is 1. The summed E-state index contributed by atoms with van der Waals surface area (Å²) in [6, 6.07) is 11.3. The number of fused-ring (bicyclic) bond motifs is 3. The summed E-state index contributed by atoms with van der Waals surface area (Å²) in [5.41, 5.74) is 8.44. The van der Waals surface area contributed by atoms with Crippen LogP contribution in [0.3, 0.4) is 0 Å². The van der Waals surface area contributed by atoms with Crippen LogP contribution in [-0.2, 0) is 13.0 Å². The van der Waals surface area contributed by atoms with E-state index in [0.29, 0.717) is 23.3 Å². The summed E-state index contributed by atoms with van der Waals surface area (Å²) in [6.45, 7) is 2.42. The van der Waals surface area contributed by atoms with E-state index in [9.17, 15) is 0 Å². The quantitative estimate of drug-likeness (QED) is 0.531. The minimum absolute atomic E-state index is 0.338. The zero-order valence-corrected chi connectivity index (χ0v) is 15.1. The van der Waals surface area contributed by atoms with Crippen molar-refractivity contribution in [2.75, 3.05) is 5.73 Å². The second kappa shape index (κ2) is 6.46.